The number of primary amides is 1. The molecule has 0 aliphatic heterocycles. The summed E-state index contributed by atoms with van der Waals surface area (Å²) in [7, 11) is 0. The first-order valence-electron chi connectivity index (χ1n) is 6.46. The van der Waals surface area contributed by atoms with Gasteiger partial charge in [-0.25, -0.2) is 4.39 Å². The quantitative estimate of drug-likeness (QED) is 0.839. The number of carbonyl (C=O) groups excluding carboxylic acids is 1. The molecule has 0 heterocycles. The van der Waals surface area contributed by atoms with Crippen LogP contribution in [0.4, 0.5) is 17.6 Å². The molecule has 0 radical (unpaired) electrons. The third kappa shape index (κ3) is 2.50. The van der Waals surface area contributed by atoms with Gasteiger partial charge in [-0.15, -0.1) is 0 Å². The highest BCUT2D eigenvalue weighted by atomic mass is 19.4. The Morgan fingerprint density at radius 1 is 1.29 bits per heavy atom. The maximum Gasteiger partial charge on any atom is 0.426 e. The molecular weight excluding hydrogens is 290 g/mol. The lowest BCUT2D eigenvalue weighted by molar-refractivity contribution is -0.258. The van der Waals surface area contributed by atoms with Crippen LogP contribution < -0.4 is 5.73 Å². The van der Waals surface area contributed by atoms with E-state index in [1.54, 1.807) is 0 Å². The van der Waals surface area contributed by atoms with Crippen molar-refractivity contribution in [2.75, 3.05) is 0 Å². The summed E-state index contributed by atoms with van der Waals surface area (Å²) in [5.41, 5.74) is -0.0346. The number of hydrogen-bond acceptors (Lipinski definition) is 2. The Labute approximate surface area is 118 Å². The highest BCUT2D eigenvalue weighted by Crippen LogP contribution is 2.52. The van der Waals surface area contributed by atoms with Crippen LogP contribution in [0.3, 0.4) is 0 Å². The van der Waals surface area contributed by atoms with Crippen LogP contribution in [0.15, 0.2) is 24.3 Å². The molecular formula is C14H15F4NO2. The Morgan fingerprint density at radius 2 is 1.86 bits per heavy atom. The van der Waals surface area contributed by atoms with Crippen LogP contribution in [0.1, 0.15) is 31.2 Å². The van der Waals surface area contributed by atoms with E-state index >= 15 is 0 Å². The van der Waals surface area contributed by atoms with E-state index in [1.165, 1.54) is 18.2 Å². The van der Waals surface area contributed by atoms with Gasteiger partial charge in [0, 0.05) is 11.8 Å². The zero-order valence-electron chi connectivity index (χ0n) is 11.1. The molecule has 0 saturated heterocycles. The van der Waals surface area contributed by atoms with E-state index in [0.717, 1.165) is 6.07 Å². The second-order valence-electron chi connectivity index (χ2n) is 5.51. The molecule has 3 N–H and O–H groups in total. The normalized spacial score (nSPS) is 20.4. The lowest BCUT2D eigenvalue weighted by Gasteiger charge is -2.46. The minimum absolute atomic E-state index is 0.0835. The third-order valence-corrected chi connectivity index (χ3v) is 4.23. The fourth-order valence-corrected chi connectivity index (χ4v) is 2.85. The van der Waals surface area contributed by atoms with Gasteiger partial charge >= 0.3 is 6.18 Å². The van der Waals surface area contributed by atoms with Crippen LogP contribution in [-0.4, -0.2) is 22.8 Å². The van der Waals surface area contributed by atoms with Crippen molar-refractivity contribution in [2.24, 2.45) is 5.73 Å². The van der Waals surface area contributed by atoms with Crippen molar-refractivity contribution in [3.63, 3.8) is 0 Å². The van der Waals surface area contributed by atoms with Crippen molar-refractivity contribution in [1.82, 2.24) is 0 Å². The minimum atomic E-state index is -5.20. The maximum atomic E-state index is 13.9. The highest BCUT2D eigenvalue weighted by Gasteiger charge is 2.62. The van der Waals surface area contributed by atoms with Gasteiger partial charge in [-0.1, -0.05) is 24.6 Å². The Balaban J connectivity index is 2.43. The van der Waals surface area contributed by atoms with E-state index in [1.807, 2.05) is 0 Å². The second kappa shape index (κ2) is 4.98. The summed E-state index contributed by atoms with van der Waals surface area (Å²) < 4.78 is 53.0. The SMILES string of the molecule is NC(=O)C(O)(CC1(c2ccccc2F)CCC1)C(F)(F)F. The highest BCUT2D eigenvalue weighted by molar-refractivity contribution is 5.84. The molecule has 2 rings (SSSR count). The van der Waals surface area contributed by atoms with Gasteiger partial charge in [0.1, 0.15) is 5.82 Å². The first-order valence-corrected chi connectivity index (χ1v) is 6.46. The predicted octanol–water partition coefficient (Wildman–Crippen LogP) is 2.42. The lowest BCUT2D eigenvalue weighted by Crippen LogP contribution is -2.59. The third-order valence-electron chi connectivity index (χ3n) is 4.23. The fourth-order valence-electron chi connectivity index (χ4n) is 2.85. The molecule has 7 heteroatoms. The molecule has 21 heavy (non-hydrogen) atoms. The van der Waals surface area contributed by atoms with Crippen molar-refractivity contribution in [3.05, 3.63) is 35.6 Å². The van der Waals surface area contributed by atoms with Crippen LogP contribution in [0, 0.1) is 5.82 Å². The molecule has 0 spiro atoms. The summed E-state index contributed by atoms with van der Waals surface area (Å²) in [5.74, 6) is -2.51. The number of alkyl halides is 3. The van der Waals surface area contributed by atoms with Gasteiger partial charge in [-0.3, -0.25) is 4.79 Å². The monoisotopic (exact) mass is 305 g/mol. The van der Waals surface area contributed by atoms with Crippen LogP contribution in [0.5, 0.6) is 0 Å². The Hall–Kier alpha value is -1.63. The molecule has 116 valence electrons. The molecule has 0 aromatic heterocycles. The molecule has 1 aliphatic carbocycles. The van der Waals surface area contributed by atoms with Gasteiger partial charge in [0.05, 0.1) is 0 Å². The zero-order valence-corrected chi connectivity index (χ0v) is 11.1. The Bertz CT molecular complexity index is 554. The predicted molar refractivity (Wildman–Crippen MR) is 66.7 cm³/mol. The van der Waals surface area contributed by atoms with E-state index in [2.05, 4.69) is 0 Å². The average Bonchev–Trinajstić information content (AvgIpc) is 2.33. The number of halogens is 4. The van der Waals surface area contributed by atoms with Gasteiger partial charge < -0.3 is 10.8 Å². The van der Waals surface area contributed by atoms with Crippen molar-refractivity contribution in [1.29, 1.82) is 0 Å². The summed E-state index contributed by atoms with van der Waals surface area (Å²) in [6.07, 6.45) is -5.04. The molecule has 1 aromatic carbocycles. The molecule has 1 saturated carbocycles. The number of nitrogens with two attached hydrogens (primary N) is 1. The summed E-state index contributed by atoms with van der Waals surface area (Å²) in [6.45, 7) is 0. The Morgan fingerprint density at radius 3 is 2.24 bits per heavy atom. The molecule has 1 atom stereocenters. The molecule has 1 fully saturated rings. The molecule has 1 aromatic rings. The van der Waals surface area contributed by atoms with Gasteiger partial charge in [0.15, 0.2) is 0 Å². The van der Waals surface area contributed by atoms with E-state index < -0.39 is 35.3 Å². The standard InChI is InChI=1S/C14H15F4NO2/c15-10-5-2-1-4-9(10)12(6-3-7-12)8-13(21,11(19)20)14(16,17)18/h1-2,4-5,21H,3,6-8H2,(H2,19,20). The largest absolute Gasteiger partial charge is 0.426 e. The Kier molecular flexibility index (Phi) is 3.73. The van der Waals surface area contributed by atoms with E-state index in [4.69, 9.17) is 5.73 Å². The number of rotatable bonds is 4. The van der Waals surface area contributed by atoms with Crippen LogP contribution >= 0.6 is 0 Å². The van der Waals surface area contributed by atoms with Crippen LogP contribution in [-0.2, 0) is 10.2 Å². The fraction of sp³-hybridized carbons (Fsp3) is 0.500. The number of benzene rings is 1. The van der Waals surface area contributed by atoms with E-state index in [0.29, 0.717) is 6.42 Å². The number of hydrogen-bond donors (Lipinski definition) is 2. The first kappa shape index (κ1) is 15.8. The van der Waals surface area contributed by atoms with Crippen LogP contribution in [0.2, 0.25) is 0 Å². The van der Waals surface area contributed by atoms with Gasteiger partial charge in [0.2, 0.25) is 5.60 Å². The molecule has 1 aliphatic rings. The number of amides is 1. The summed E-state index contributed by atoms with van der Waals surface area (Å²) in [5, 5.41) is 9.76. The van der Waals surface area contributed by atoms with Gasteiger partial charge in [-0.05, 0) is 24.5 Å². The van der Waals surface area contributed by atoms with Crippen molar-refractivity contribution in [2.45, 2.75) is 42.9 Å². The second-order valence-corrected chi connectivity index (χ2v) is 5.51. The first-order chi connectivity index (χ1) is 9.62. The van der Waals surface area contributed by atoms with E-state index in [9.17, 15) is 27.5 Å². The average molecular weight is 305 g/mol. The zero-order chi connectivity index (χ0) is 15.9. The molecule has 3 nitrogen and oxygen atoms in total. The van der Waals surface area contributed by atoms with E-state index in [-0.39, 0.29) is 18.4 Å². The van der Waals surface area contributed by atoms with Gasteiger partial charge in [-0.2, -0.15) is 13.2 Å². The maximum absolute atomic E-state index is 13.9. The summed E-state index contributed by atoms with van der Waals surface area (Å²) in [4.78, 5) is 11.2. The summed E-state index contributed by atoms with van der Waals surface area (Å²) >= 11 is 0. The molecule has 1 amide bonds. The van der Waals surface area contributed by atoms with Crippen molar-refractivity contribution >= 4 is 5.91 Å². The smallest absolute Gasteiger partial charge is 0.373 e. The lowest BCUT2D eigenvalue weighted by atomic mass is 9.59. The van der Waals surface area contributed by atoms with Gasteiger partial charge in [0.25, 0.3) is 5.91 Å². The minimum Gasteiger partial charge on any atom is -0.373 e. The molecule has 0 bridgehead atoms. The number of carbonyl (C=O) groups is 1. The summed E-state index contributed by atoms with van der Waals surface area (Å²) in [6, 6.07) is 5.46. The van der Waals surface area contributed by atoms with Crippen molar-refractivity contribution < 1.29 is 27.5 Å². The van der Waals surface area contributed by atoms with Crippen LogP contribution in [0.25, 0.3) is 0 Å². The molecule has 1 unspecified atom stereocenters. The topological polar surface area (TPSA) is 63.3 Å². The van der Waals surface area contributed by atoms with Crippen molar-refractivity contribution in [3.8, 4) is 0 Å². The number of aliphatic hydroxyl groups is 1.